The fourth-order valence-electron chi connectivity index (χ4n) is 1.06. The molecule has 1 aliphatic heterocycles. The van der Waals surface area contributed by atoms with E-state index in [1.54, 1.807) is 0 Å². The van der Waals surface area contributed by atoms with Gasteiger partial charge in [-0.05, 0) is 17.9 Å². The standard InChI is InChI=1S/C7H15N.C2H6/c1-6-4-8-5-7(6,2)3;1-2/h6,8H,4-5H2,1-3H3;1-2H3. The largest absolute Gasteiger partial charge is 0.316 e. The predicted molar refractivity (Wildman–Crippen MR) is 47.2 cm³/mol. The van der Waals surface area contributed by atoms with E-state index in [1.165, 1.54) is 13.1 Å². The van der Waals surface area contributed by atoms with Gasteiger partial charge in [0.05, 0.1) is 0 Å². The van der Waals surface area contributed by atoms with Gasteiger partial charge in [0.1, 0.15) is 0 Å². The Hall–Kier alpha value is -0.0400. The van der Waals surface area contributed by atoms with E-state index in [0.717, 1.165) is 5.92 Å². The van der Waals surface area contributed by atoms with E-state index >= 15 is 0 Å². The molecule has 62 valence electrons. The van der Waals surface area contributed by atoms with Crippen molar-refractivity contribution in [2.24, 2.45) is 11.3 Å². The Bertz CT molecular complexity index is 86.7. The highest BCUT2D eigenvalue weighted by Gasteiger charge is 2.30. The zero-order chi connectivity index (χ0) is 8.20. The molecule has 0 saturated carbocycles. The Morgan fingerprint density at radius 3 is 1.90 bits per heavy atom. The smallest absolute Gasteiger partial charge is 0.000566 e. The monoisotopic (exact) mass is 143 g/mol. The summed E-state index contributed by atoms with van der Waals surface area (Å²) in [4.78, 5) is 0. The molecular formula is C9H21N. The van der Waals surface area contributed by atoms with E-state index in [9.17, 15) is 0 Å². The van der Waals surface area contributed by atoms with Crippen LogP contribution in [0.4, 0.5) is 0 Å². The van der Waals surface area contributed by atoms with Crippen LogP contribution < -0.4 is 5.32 Å². The third kappa shape index (κ3) is 2.30. The van der Waals surface area contributed by atoms with Crippen LogP contribution >= 0.6 is 0 Å². The van der Waals surface area contributed by atoms with Crippen LogP contribution in [0.1, 0.15) is 34.6 Å². The van der Waals surface area contributed by atoms with Crippen molar-refractivity contribution in [2.75, 3.05) is 13.1 Å². The van der Waals surface area contributed by atoms with Crippen LogP contribution in [0.3, 0.4) is 0 Å². The van der Waals surface area contributed by atoms with Gasteiger partial charge in [-0.2, -0.15) is 0 Å². The molecule has 0 spiro atoms. The van der Waals surface area contributed by atoms with Crippen LogP contribution in [0.2, 0.25) is 0 Å². The van der Waals surface area contributed by atoms with Crippen LogP contribution in [0.25, 0.3) is 0 Å². The maximum absolute atomic E-state index is 3.36. The van der Waals surface area contributed by atoms with E-state index in [4.69, 9.17) is 0 Å². The van der Waals surface area contributed by atoms with E-state index in [2.05, 4.69) is 26.1 Å². The molecule has 1 N–H and O–H groups in total. The molecule has 0 aliphatic carbocycles. The molecule has 1 fully saturated rings. The van der Waals surface area contributed by atoms with Crippen molar-refractivity contribution in [1.82, 2.24) is 5.32 Å². The van der Waals surface area contributed by atoms with Crippen LogP contribution in [0.5, 0.6) is 0 Å². The predicted octanol–water partition coefficient (Wildman–Crippen LogP) is 2.28. The number of rotatable bonds is 0. The first-order valence-corrected chi connectivity index (χ1v) is 4.33. The first kappa shape index (κ1) is 9.96. The number of nitrogens with one attached hydrogen (secondary N) is 1. The third-order valence-electron chi connectivity index (χ3n) is 2.37. The second kappa shape index (κ2) is 3.97. The summed E-state index contributed by atoms with van der Waals surface area (Å²) in [6.45, 7) is 13.3. The van der Waals surface area contributed by atoms with Gasteiger partial charge in [0.25, 0.3) is 0 Å². The second-order valence-corrected chi connectivity index (χ2v) is 3.52. The SMILES string of the molecule is CC.CC1CNCC1(C)C. The molecule has 1 saturated heterocycles. The fourth-order valence-corrected chi connectivity index (χ4v) is 1.06. The Morgan fingerprint density at radius 2 is 1.80 bits per heavy atom. The van der Waals surface area contributed by atoms with Crippen LogP contribution in [-0.4, -0.2) is 13.1 Å². The lowest BCUT2D eigenvalue weighted by Gasteiger charge is -2.21. The summed E-state index contributed by atoms with van der Waals surface area (Å²) in [5.41, 5.74) is 0.542. The average molecular weight is 143 g/mol. The van der Waals surface area contributed by atoms with E-state index in [0.29, 0.717) is 5.41 Å². The highest BCUT2D eigenvalue weighted by Crippen LogP contribution is 2.28. The number of hydrogen-bond acceptors (Lipinski definition) is 1. The lowest BCUT2D eigenvalue weighted by atomic mass is 9.84. The van der Waals surface area contributed by atoms with Gasteiger partial charge in [0.2, 0.25) is 0 Å². The number of hydrogen-bond donors (Lipinski definition) is 1. The van der Waals surface area contributed by atoms with Gasteiger partial charge >= 0.3 is 0 Å². The van der Waals surface area contributed by atoms with Crippen molar-refractivity contribution in [1.29, 1.82) is 0 Å². The van der Waals surface area contributed by atoms with Crippen molar-refractivity contribution in [3.63, 3.8) is 0 Å². The lowest BCUT2D eigenvalue weighted by Crippen LogP contribution is -2.19. The Morgan fingerprint density at radius 1 is 1.30 bits per heavy atom. The van der Waals surface area contributed by atoms with Gasteiger partial charge in [-0.25, -0.2) is 0 Å². The third-order valence-corrected chi connectivity index (χ3v) is 2.37. The molecule has 0 radical (unpaired) electrons. The van der Waals surface area contributed by atoms with E-state index in [1.807, 2.05) is 13.8 Å². The Balaban J connectivity index is 0.000000371. The average Bonchev–Trinajstić information content (AvgIpc) is 2.17. The molecule has 1 rings (SSSR count). The molecule has 1 aliphatic rings. The first-order valence-electron chi connectivity index (χ1n) is 4.33. The van der Waals surface area contributed by atoms with E-state index < -0.39 is 0 Å². The molecule has 1 atom stereocenters. The van der Waals surface area contributed by atoms with Crippen molar-refractivity contribution >= 4 is 0 Å². The van der Waals surface area contributed by atoms with Crippen molar-refractivity contribution in [3.05, 3.63) is 0 Å². The summed E-state index contributed by atoms with van der Waals surface area (Å²) >= 11 is 0. The zero-order valence-electron chi connectivity index (χ0n) is 7.99. The highest BCUT2D eigenvalue weighted by atomic mass is 14.9. The molecular weight excluding hydrogens is 122 g/mol. The molecule has 0 bridgehead atoms. The lowest BCUT2D eigenvalue weighted by molar-refractivity contribution is 0.311. The zero-order valence-corrected chi connectivity index (χ0v) is 7.99. The van der Waals surface area contributed by atoms with Gasteiger partial charge in [0.15, 0.2) is 0 Å². The summed E-state index contributed by atoms with van der Waals surface area (Å²) in [7, 11) is 0. The first-order chi connectivity index (χ1) is 4.63. The molecule has 1 heterocycles. The molecule has 1 nitrogen and oxygen atoms in total. The molecule has 0 aromatic carbocycles. The van der Waals surface area contributed by atoms with Crippen LogP contribution in [-0.2, 0) is 0 Å². The summed E-state index contributed by atoms with van der Waals surface area (Å²) < 4.78 is 0. The molecule has 0 amide bonds. The summed E-state index contributed by atoms with van der Waals surface area (Å²) in [5.74, 6) is 0.850. The van der Waals surface area contributed by atoms with Gasteiger partial charge in [-0.1, -0.05) is 34.6 Å². The highest BCUT2D eigenvalue weighted by molar-refractivity contribution is 4.85. The Kier molecular flexibility index (Phi) is 3.95. The van der Waals surface area contributed by atoms with Gasteiger partial charge in [-0.15, -0.1) is 0 Å². The molecule has 1 heteroatoms. The van der Waals surface area contributed by atoms with Gasteiger partial charge < -0.3 is 5.32 Å². The van der Waals surface area contributed by atoms with Crippen molar-refractivity contribution in [2.45, 2.75) is 34.6 Å². The normalized spacial score (nSPS) is 29.1. The second-order valence-electron chi connectivity index (χ2n) is 3.52. The van der Waals surface area contributed by atoms with Gasteiger partial charge in [-0.3, -0.25) is 0 Å². The topological polar surface area (TPSA) is 12.0 Å². The Labute approximate surface area is 65.2 Å². The minimum Gasteiger partial charge on any atom is -0.316 e. The maximum Gasteiger partial charge on any atom is 0.000566 e. The minimum absolute atomic E-state index is 0.542. The summed E-state index contributed by atoms with van der Waals surface area (Å²) in [6, 6.07) is 0. The minimum atomic E-state index is 0.542. The molecule has 0 aromatic heterocycles. The summed E-state index contributed by atoms with van der Waals surface area (Å²) in [6.07, 6.45) is 0. The van der Waals surface area contributed by atoms with Crippen molar-refractivity contribution < 1.29 is 0 Å². The van der Waals surface area contributed by atoms with Crippen LogP contribution in [0, 0.1) is 11.3 Å². The summed E-state index contributed by atoms with van der Waals surface area (Å²) in [5, 5.41) is 3.36. The quantitative estimate of drug-likeness (QED) is 0.548. The molecule has 0 aromatic rings. The maximum atomic E-state index is 3.36. The van der Waals surface area contributed by atoms with Crippen molar-refractivity contribution in [3.8, 4) is 0 Å². The molecule has 10 heavy (non-hydrogen) atoms. The molecule has 1 unspecified atom stereocenters. The van der Waals surface area contributed by atoms with E-state index in [-0.39, 0.29) is 0 Å². The van der Waals surface area contributed by atoms with Gasteiger partial charge in [0, 0.05) is 6.54 Å². The van der Waals surface area contributed by atoms with Crippen LogP contribution in [0.15, 0.2) is 0 Å². The fraction of sp³-hybridized carbons (Fsp3) is 1.00.